The number of hydrogen-bond acceptors (Lipinski definition) is 4. The summed E-state index contributed by atoms with van der Waals surface area (Å²) < 4.78 is 13.5. The van der Waals surface area contributed by atoms with Crippen LogP contribution in [-0.4, -0.2) is 38.5 Å². The van der Waals surface area contributed by atoms with Gasteiger partial charge in [-0.3, -0.25) is 9.78 Å². The number of aliphatic hydroxyl groups excluding tert-OH is 1. The molecule has 0 spiro atoms. The topological polar surface area (TPSA) is 66.3 Å². The third-order valence-corrected chi connectivity index (χ3v) is 4.46. The molecular weight excluding hydrogens is 309 g/mol. The van der Waals surface area contributed by atoms with Gasteiger partial charge in [0.25, 0.3) is 5.91 Å². The Morgan fingerprint density at radius 3 is 2.62 bits per heavy atom. The molecule has 0 aliphatic carbocycles. The Hall–Kier alpha value is -2.34. The summed E-state index contributed by atoms with van der Waals surface area (Å²) in [6, 6.07) is 5.78. The molecule has 1 aliphatic heterocycles. The van der Waals surface area contributed by atoms with Crippen molar-refractivity contribution >= 4 is 5.91 Å². The van der Waals surface area contributed by atoms with E-state index in [1.54, 1.807) is 30.9 Å². The fourth-order valence-corrected chi connectivity index (χ4v) is 3.12. The van der Waals surface area contributed by atoms with Crippen LogP contribution < -0.4 is 0 Å². The molecule has 3 rings (SSSR count). The van der Waals surface area contributed by atoms with E-state index in [1.807, 2.05) is 6.92 Å². The highest BCUT2D eigenvalue weighted by Crippen LogP contribution is 2.33. The molecule has 5 nitrogen and oxygen atoms in total. The first kappa shape index (κ1) is 16.5. The fraction of sp³-hybridized carbons (Fsp3) is 0.389. The van der Waals surface area contributed by atoms with E-state index in [0.717, 1.165) is 5.69 Å². The second kappa shape index (κ2) is 6.28. The number of aryl methyl sites for hydroxylation is 3. The van der Waals surface area contributed by atoms with Crippen molar-refractivity contribution < 1.29 is 14.3 Å². The Bertz CT molecular complexity index is 794. The van der Waals surface area contributed by atoms with E-state index in [1.165, 1.54) is 12.1 Å². The Balaban J connectivity index is 1.97. The predicted molar refractivity (Wildman–Crippen MR) is 87.0 cm³/mol. The van der Waals surface area contributed by atoms with Gasteiger partial charge in [0.2, 0.25) is 0 Å². The lowest BCUT2D eigenvalue weighted by molar-refractivity contribution is 0.0708. The second-order valence-corrected chi connectivity index (χ2v) is 6.25. The van der Waals surface area contributed by atoms with Crippen LogP contribution in [0.3, 0.4) is 0 Å². The van der Waals surface area contributed by atoms with Gasteiger partial charge >= 0.3 is 0 Å². The van der Waals surface area contributed by atoms with E-state index in [9.17, 15) is 14.3 Å². The van der Waals surface area contributed by atoms with E-state index >= 15 is 0 Å². The summed E-state index contributed by atoms with van der Waals surface area (Å²) >= 11 is 0. The summed E-state index contributed by atoms with van der Waals surface area (Å²) in [5, 5.41) is 10.0. The summed E-state index contributed by atoms with van der Waals surface area (Å²) in [6.45, 7) is 5.60. The van der Waals surface area contributed by atoms with Crippen LogP contribution in [-0.2, 0) is 0 Å². The maximum absolute atomic E-state index is 13.5. The van der Waals surface area contributed by atoms with Crippen LogP contribution in [0.1, 0.15) is 45.6 Å². The van der Waals surface area contributed by atoms with Gasteiger partial charge in [0, 0.05) is 6.54 Å². The van der Waals surface area contributed by atoms with Gasteiger partial charge in [0.15, 0.2) is 0 Å². The first-order valence-corrected chi connectivity index (χ1v) is 7.93. The Morgan fingerprint density at radius 1 is 1.21 bits per heavy atom. The minimum absolute atomic E-state index is 0.202. The molecule has 126 valence electrons. The average molecular weight is 329 g/mol. The third kappa shape index (κ3) is 3.01. The van der Waals surface area contributed by atoms with Crippen molar-refractivity contribution in [2.45, 2.75) is 39.3 Å². The van der Waals surface area contributed by atoms with Crippen molar-refractivity contribution in [1.29, 1.82) is 0 Å². The van der Waals surface area contributed by atoms with Gasteiger partial charge in [-0.15, -0.1) is 0 Å². The first-order chi connectivity index (χ1) is 11.4. The summed E-state index contributed by atoms with van der Waals surface area (Å²) in [5.74, 6) is -0.641. The molecule has 1 saturated heterocycles. The number of aliphatic hydroxyl groups is 1. The number of likely N-dealkylation sites (tertiary alicyclic amines) is 1. The number of halogens is 1. The van der Waals surface area contributed by atoms with Crippen LogP contribution in [0.5, 0.6) is 0 Å². The molecule has 0 radical (unpaired) electrons. The van der Waals surface area contributed by atoms with Crippen LogP contribution in [0.25, 0.3) is 0 Å². The molecule has 24 heavy (non-hydrogen) atoms. The number of nitrogens with zero attached hydrogens (tertiary/aromatic N) is 3. The Labute approximate surface area is 140 Å². The molecule has 2 unspecified atom stereocenters. The SMILES string of the molecule is Cc1nc(C)c(C(=O)N2CC(O)CC2c2cccc(F)c2)nc1C. The molecule has 1 aromatic heterocycles. The predicted octanol–water partition coefficient (Wildman–Crippen LogP) is 2.49. The molecule has 1 amide bonds. The Morgan fingerprint density at radius 2 is 1.92 bits per heavy atom. The van der Waals surface area contributed by atoms with Crippen molar-refractivity contribution in [1.82, 2.24) is 14.9 Å². The smallest absolute Gasteiger partial charge is 0.274 e. The summed E-state index contributed by atoms with van der Waals surface area (Å²) in [6.07, 6.45) is -0.256. The van der Waals surface area contributed by atoms with Crippen LogP contribution in [0.2, 0.25) is 0 Å². The molecule has 0 bridgehead atoms. The number of hydrogen-bond donors (Lipinski definition) is 1. The van der Waals surface area contributed by atoms with Gasteiger partial charge in [-0.25, -0.2) is 9.37 Å². The lowest BCUT2D eigenvalue weighted by Gasteiger charge is -2.25. The first-order valence-electron chi connectivity index (χ1n) is 7.93. The van der Waals surface area contributed by atoms with Crippen LogP contribution in [0.15, 0.2) is 24.3 Å². The number of rotatable bonds is 2. The lowest BCUT2D eigenvalue weighted by Crippen LogP contribution is -2.33. The van der Waals surface area contributed by atoms with Gasteiger partial charge in [-0.05, 0) is 44.9 Å². The number of carbonyl (C=O) groups is 1. The maximum Gasteiger partial charge on any atom is 0.274 e. The zero-order chi connectivity index (χ0) is 17.4. The monoisotopic (exact) mass is 329 g/mol. The quantitative estimate of drug-likeness (QED) is 0.919. The molecule has 6 heteroatoms. The molecule has 1 aliphatic rings. The van der Waals surface area contributed by atoms with Gasteiger partial charge in [-0.1, -0.05) is 12.1 Å². The molecule has 2 atom stereocenters. The minimum Gasteiger partial charge on any atom is -0.391 e. The van der Waals surface area contributed by atoms with E-state index in [2.05, 4.69) is 9.97 Å². The largest absolute Gasteiger partial charge is 0.391 e. The zero-order valence-corrected chi connectivity index (χ0v) is 14.0. The van der Waals surface area contributed by atoms with E-state index < -0.39 is 6.10 Å². The van der Waals surface area contributed by atoms with E-state index in [0.29, 0.717) is 23.4 Å². The van der Waals surface area contributed by atoms with Crippen molar-refractivity contribution in [3.05, 3.63) is 58.4 Å². The highest BCUT2D eigenvalue weighted by atomic mass is 19.1. The van der Waals surface area contributed by atoms with Crippen LogP contribution in [0.4, 0.5) is 4.39 Å². The molecule has 1 aromatic carbocycles. The molecular formula is C18H20FN3O2. The van der Waals surface area contributed by atoms with Crippen molar-refractivity contribution in [3.8, 4) is 0 Å². The fourth-order valence-electron chi connectivity index (χ4n) is 3.12. The van der Waals surface area contributed by atoms with Gasteiger partial charge < -0.3 is 10.0 Å². The Kier molecular flexibility index (Phi) is 4.32. The molecule has 0 saturated carbocycles. The maximum atomic E-state index is 13.5. The number of benzene rings is 1. The van der Waals surface area contributed by atoms with Crippen LogP contribution in [0, 0.1) is 26.6 Å². The number of carbonyl (C=O) groups excluding carboxylic acids is 1. The van der Waals surface area contributed by atoms with Gasteiger partial charge in [-0.2, -0.15) is 0 Å². The van der Waals surface area contributed by atoms with E-state index in [-0.39, 0.29) is 30.0 Å². The van der Waals surface area contributed by atoms with Crippen molar-refractivity contribution in [2.24, 2.45) is 0 Å². The minimum atomic E-state index is -0.637. The van der Waals surface area contributed by atoms with Crippen molar-refractivity contribution in [3.63, 3.8) is 0 Å². The van der Waals surface area contributed by atoms with Crippen LogP contribution >= 0.6 is 0 Å². The van der Waals surface area contributed by atoms with Crippen molar-refractivity contribution in [2.75, 3.05) is 6.54 Å². The number of aromatic nitrogens is 2. The summed E-state index contributed by atoms with van der Waals surface area (Å²) in [5.41, 5.74) is 3.00. The summed E-state index contributed by atoms with van der Waals surface area (Å²) in [7, 11) is 0. The molecule has 2 aromatic rings. The second-order valence-electron chi connectivity index (χ2n) is 6.25. The van der Waals surface area contributed by atoms with Gasteiger partial charge in [0.1, 0.15) is 11.5 Å². The molecule has 1 fully saturated rings. The van der Waals surface area contributed by atoms with Gasteiger partial charge in [0.05, 0.1) is 29.2 Å². The zero-order valence-electron chi connectivity index (χ0n) is 14.0. The van der Waals surface area contributed by atoms with E-state index in [4.69, 9.17) is 0 Å². The number of amides is 1. The highest BCUT2D eigenvalue weighted by Gasteiger charge is 2.37. The molecule has 1 N–H and O–H groups in total. The third-order valence-electron chi connectivity index (χ3n) is 4.46. The highest BCUT2D eigenvalue weighted by molar-refractivity contribution is 5.94. The normalized spacial score (nSPS) is 20.5. The summed E-state index contributed by atoms with van der Waals surface area (Å²) in [4.78, 5) is 23.3. The molecule has 2 heterocycles. The average Bonchev–Trinajstić information content (AvgIpc) is 2.92. The number of β-amino-alcohol motifs (C(OH)–C–C–N with tert-alkyl or cyclic N) is 1. The lowest BCUT2D eigenvalue weighted by atomic mass is 10.0. The standard InChI is InChI=1S/C18H20FN3O2/c1-10-11(2)21-17(12(3)20-10)18(24)22-9-15(23)8-16(22)13-5-4-6-14(19)7-13/h4-7,15-16,23H,8-9H2,1-3H3.